The Morgan fingerprint density at radius 2 is 1.35 bits per heavy atom. The number of aromatic nitrogens is 2. The van der Waals surface area contributed by atoms with Crippen molar-refractivity contribution in [2.75, 3.05) is 0 Å². The van der Waals surface area contributed by atoms with Crippen molar-refractivity contribution in [3.63, 3.8) is 0 Å². The lowest BCUT2D eigenvalue weighted by atomic mass is 9.85. The highest BCUT2D eigenvalue weighted by atomic mass is 14.9. The Kier molecular flexibility index (Phi) is 9.04. The first kappa shape index (κ1) is 33.1. The third-order valence-corrected chi connectivity index (χ3v) is 10.6. The largest absolute Gasteiger partial charge is 0.269 e. The molecule has 0 fully saturated rings. The molecule has 258 valence electrons. The standard InChI is InChI=1S/C51H39N3/c1-2-3-10-38-29-30-52-34-48(38)39-22-24-40(25-23-39)49-33-50(45-16-8-15-44(32-45)47-18-9-14-37-12-6-7-17-46(37)47)54-51(53-49)41-26-19-36(20-27-41)43-28-21-35-11-4-5-13-42(35)31-43/h2-7,9-14,16-34,38,48H,1,8,15H2/b10-3-. The van der Waals surface area contributed by atoms with Gasteiger partial charge in [0.1, 0.15) is 0 Å². The average Bonchev–Trinajstić information content (AvgIpc) is 3.25. The third kappa shape index (κ3) is 6.68. The first-order chi connectivity index (χ1) is 26.7. The molecule has 3 heteroatoms. The highest BCUT2D eigenvalue weighted by Crippen LogP contribution is 2.37. The molecule has 0 N–H and O–H groups in total. The summed E-state index contributed by atoms with van der Waals surface area (Å²) >= 11 is 0. The van der Waals surface area contributed by atoms with E-state index in [-0.39, 0.29) is 11.8 Å². The molecule has 9 rings (SSSR count). The third-order valence-electron chi connectivity index (χ3n) is 10.6. The van der Waals surface area contributed by atoms with Gasteiger partial charge in [0, 0.05) is 35.4 Å². The Labute approximate surface area is 316 Å². The molecule has 1 aromatic heterocycles. The number of benzene rings is 6. The Hall–Kier alpha value is -6.71. The topological polar surface area (TPSA) is 38.1 Å². The van der Waals surface area contributed by atoms with Gasteiger partial charge in [-0.1, -0.05) is 164 Å². The van der Waals surface area contributed by atoms with E-state index in [0.717, 1.165) is 46.5 Å². The fourth-order valence-electron chi connectivity index (χ4n) is 7.74. The van der Waals surface area contributed by atoms with Gasteiger partial charge in [0.15, 0.2) is 5.82 Å². The monoisotopic (exact) mass is 693 g/mol. The van der Waals surface area contributed by atoms with Gasteiger partial charge in [-0.25, -0.2) is 9.97 Å². The Balaban J connectivity index is 1.10. The fraction of sp³-hybridized carbons (Fsp3) is 0.0784. The molecule has 2 atom stereocenters. The van der Waals surface area contributed by atoms with Crippen molar-refractivity contribution >= 4 is 38.9 Å². The van der Waals surface area contributed by atoms with Crippen LogP contribution in [0.15, 0.2) is 194 Å². The van der Waals surface area contributed by atoms with Crippen LogP contribution in [-0.2, 0) is 0 Å². The first-order valence-electron chi connectivity index (χ1n) is 18.7. The molecule has 6 aromatic carbocycles. The second-order valence-corrected chi connectivity index (χ2v) is 14.0. The van der Waals surface area contributed by atoms with Gasteiger partial charge in [-0.3, -0.25) is 4.99 Å². The van der Waals surface area contributed by atoms with E-state index in [1.807, 2.05) is 24.6 Å². The van der Waals surface area contributed by atoms with Crippen molar-refractivity contribution in [3.05, 3.63) is 206 Å². The molecule has 3 nitrogen and oxygen atoms in total. The molecule has 0 saturated heterocycles. The summed E-state index contributed by atoms with van der Waals surface area (Å²) in [7, 11) is 0. The Bertz CT molecular complexity index is 2670. The molecule has 0 spiro atoms. The van der Waals surface area contributed by atoms with Crippen molar-refractivity contribution in [2.45, 2.75) is 18.8 Å². The lowest BCUT2D eigenvalue weighted by molar-refractivity contribution is 0.740. The van der Waals surface area contributed by atoms with E-state index in [2.05, 4.69) is 175 Å². The molecule has 7 aromatic rings. The lowest BCUT2D eigenvalue weighted by Crippen LogP contribution is -2.12. The van der Waals surface area contributed by atoms with Crippen LogP contribution in [0.5, 0.6) is 0 Å². The SMILES string of the molecule is C=C/C=C\C1C=CN=CC1c1ccc(-c2cc(C3=CCCC(c4cccc5ccccc45)=C3)nc(-c3ccc(-c4ccc5ccccc5c4)cc3)n2)cc1. The van der Waals surface area contributed by atoms with Crippen molar-refractivity contribution in [2.24, 2.45) is 10.9 Å². The highest BCUT2D eigenvalue weighted by Gasteiger charge is 2.20. The number of aliphatic imine (C=N–C) groups is 1. The predicted molar refractivity (Wildman–Crippen MR) is 228 cm³/mol. The molecular formula is C51H39N3. The molecule has 2 heterocycles. The second kappa shape index (κ2) is 14.7. The van der Waals surface area contributed by atoms with E-state index >= 15 is 0 Å². The maximum atomic E-state index is 5.25. The van der Waals surface area contributed by atoms with Crippen LogP contribution in [0.25, 0.3) is 66.5 Å². The molecule has 2 aliphatic rings. The van der Waals surface area contributed by atoms with Crippen LogP contribution in [-0.4, -0.2) is 16.2 Å². The van der Waals surface area contributed by atoms with Crippen molar-refractivity contribution in [1.29, 1.82) is 0 Å². The molecule has 1 aliphatic carbocycles. The van der Waals surface area contributed by atoms with Crippen LogP contribution in [0.2, 0.25) is 0 Å². The van der Waals surface area contributed by atoms with Crippen molar-refractivity contribution in [3.8, 4) is 33.8 Å². The first-order valence-corrected chi connectivity index (χ1v) is 18.7. The molecule has 1 aliphatic heterocycles. The number of allylic oxidation sites excluding steroid dienone is 8. The summed E-state index contributed by atoms with van der Waals surface area (Å²) < 4.78 is 0. The average molecular weight is 694 g/mol. The van der Waals surface area contributed by atoms with Crippen LogP contribution in [0.4, 0.5) is 0 Å². The molecule has 0 radical (unpaired) electrons. The summed E-state index contributed by atoms with van der Waals surface area (Å²) in [5.41, 5.74) is 11.2. The summed E-state index contributed by atoms with van der Waals surface area (Å²) in [5, 5.41) is 5.02. The lowest BCUT2D eigenvalue weighted by Gasteiger charge is -2.21. The van der Waals surface area contributed by atoms with Gasteiger partial charge >= 0.3 is 0 Å². The van der Waals surface area contributed by atoms with E-state index in [1.165, 1.54) is 43.8 Å². The van der Waals surface area contributed by atoms with E-state index in [9.17, 15) is 0 Å². The zero-order chi connectivity index (χ0) is 36.3. The molecule has 0 saturated carbocycles. The quantitative estimate of drug-likeness (QED) is 0.149. The second-order valence-electron chi connectivity index (χ2n) is 14.0. The maximum absolute atomic E-state index is 5.25. The van der Waals surface area contributed by atoms with Gasteiger partial charge in [-0.05, 0) is 86.0 Å². The van der Waals surface area contributed by atoms with E-state index < -0.39 is 0 Å². The van der Waals surface area contributed by atoms with E-state index in [0.29, 0.717) is 5.82 Å². The van der Waals surface area contributed by atoms with Gasteiger partial charge in [0.05, 0.1) is 11.4 Å². The molecule has 0 amide bonds. The smallest absolute Gasteiger partial charge is 0.160 e. The van der Waals surface area contributed by atoms with Crippen LogP contribution < -0.4 is 0 Å². The van der Waals surface area contributed by atoms with Gasteiger partial charge in [-0.2, -0.15) is 0 Å². The predicted octanol–water partition coefficient (Wildman–Crippen LogP) is 13.1. The fourth-order valence-corrected chi connectivity index (χ4v) is 7.74. The zero-order valence-corrected chi connectivity index (χ0v) is 30.0. The Morgan fingerprint density at radius 3 is 2.20 bits per heavy atom. The van der Waals surface area contributed by atoms with Gasteiger partial charge in [0.25, 0.3) is 0 Å². The minimum atomic E-state index is 0.155. The van der Waals surface area contributed by atoms with Crippen LogP contribution in [0.1, 0.15) is 35.6 Å². The van der Waals surface area contributed by atoms with Gasteiger partial charge in [-0.15, -0.1) is 0 Å². The minimum absolute atomic E-state index is 0.155. The summed E-state index contributed by atoms with van der Waals surface area (Å²) in [5.74, 6) is 1.09. The molecule has 54 heavy (non-hydrogen) atoms. The number of hydrogen-bond acceptors (Lipinski definition) is 3. The number of hydrogen-bond donors (Lipinski definition) is 0. The number of rotatable bonds is 8. The number of nitrogens with zero attached hydrogens (tertiary/aromatic N) is 3. The molecule has 2 unspecified atom stereocenters. The summed E-state index contributed by atoms with van der Waals surface area (Å²) in [6.45, 7) is 3.85. The van der Waals surface area contributed by atoms with E-state index in [4.69, 9.17) is 9.97 Å². The van der Waals surface area contributed by atoms with Crippen LogP contribution >= 0.6 is 0 Å². The number of fused-ring (bicyclic) bond motifs is 2. The molecular weight excluding hydrogens is 655 g/mol. The summed E-state index contributed by atoms with van der Waals surface area (Å²) in [4.78, 5) is 14.9. The van der Waals surface area contributed by atoms with Crippen LogP contribution in [0.3, 0.4) is 0 Å². The van der Waals surface area contributed by atoms with Crippen molar-refractivity contribution in [1.82, 2.24) is 9.97 Å². The maximum Gasteiger partial charge on any atom is 0.160 e. The summed E-state index contributed by atoms with van der Waals surface area (Å²) in [6, 6.07) is 50.0. The highest BCUT2D eigenvalue weighted by molar-refractivity contribution is 5.97. The van der Waals surface area contributed by atoms with Crippen molar-refractivity contribution < 1.29 is 0 Å². The summed E-state index contributed by atoms with van der Waals surface area (Å²) in [6.07, 6.45) is 18.7. The van der Waals surface area contributed by atoms with E-state index in [1.54, 1.807) is 0 Å². The Morgan fingerprint density at radius 1 is 0.630 bits per heavy atom. The minimum Gasteiger partial charge on any atom is -0.269 e. The molecule has 0 bridgehead atoms. The van der Waals surface area contributed by atoms with Crippen LogP contribution in [0, 0.1) is 5.92 Å². The van der Waals surface area contributed by atoms with Gasteiger partial charge < -0.3 is 0 Å². The normalized spacial score (nSPS) is 16.8. The van der Waals surface area contributed by atoms with Gasteiger partial charge in [0.2, 0.25) is 0 Å². The zero-order valence-electron chi connectivity index (χ0n) is 30.0.